The van der Waals surface area contributed by atoms with Crippen LogP contribution in [0.25, 0.3) is 6.08 Å². The molecular formula is C27H27BrN2O6S. The highest BCUT2D eigenvalue weighted by Crippen LogP contribution is 2.41. The third-order valence-electron chi connectivity index (χ3n) is 5.79. The highest BCUT2D eigenvalue weighted by atomic mass is 79.9. The van der Waals surface area contributed by atoms with Crippen LogP contribution in [0.1, 0.15) is 37.9 Å². The topological polar surface area (TPSA) is 88.4 Å². The van der Waals surface area contributed by atoms with Crippen molar-refractivity contribution in [1.82, 2.24) is 4.57 Å². The fraction of sp³-hybridized carbons (Fsp3) is 0.296. The summed E-state index contributed by atoms with van der Waals surface area (Å²) in [6, 6.07) is 10.2. The molecule has 8 nitrogen and oxygen atoms in total. The van der Waals surface area contributed by atoms with Gasteiger partial charge in [-0.3, -0.25) is 9.36 Å². The van der Waals surface area contributed by atoms with Gasteiger partial charge in [0.2, 0.25) is 0 Å². The van der Waals surface area contributed by atoms with Crippen LogP contribution in [-0.4, -0.2) is 38.0 Å². The van der Waals surface area contributed by atoms with Crippen LogP contribution in [0.15, 0.2) is 61.9 Å². The number of nitrogens with zero attached hydrogens (tertiary/aromatic N) is 2. The van der Waals surface area contributed by atoms with Crippen molar-refractivity contribution in [2.75, 3.05) is 27.4 Å². The van der Waals surface area contributed by atoms with E-state index in [0.29, 0.717) is 48.9 Å². The molecular weight excluding hydrogens is 560 g/mol. The lowest BCUT2D eigenvalue weighted by atomic mass is 9.95. The largest absolute Gasteiger partial charge is 0.497 e. The summed E-state index contributed by atoms with van der Waals surface area (Å²) >= 11 is 4.89. The number of fused-ring (bicyclic) bond motifs is 1. The van der Waals surface area contributed by atoms with Crippen LogP contribution in [0.2, 0.25) is 0 Å². The van der Waals surface area contributed by atoms with Crippen LogP contribution in [0.4, 0.5) is 0 Å². The van der Waals surface area contributed by atoms with Crippen molar-refractivity contribution >= 4 is 39.3 Å². The van der Waals surface area contributed by atoms with E-state index < -0.39 is 12.0 Å². The molecule has 4 rings (SSSR count). The molecule has 37 heavy (non-hydrogen) atoms. The van der Waals surface area contributed by atoms with Gasteiger partial charge in [-0.25, -0.2) is 9.79 Å². The summed E-state index contributed by atoms with van der Waals surface area (Å²) in [6.45, 7) is 6.01. The highest BCUT2D eigenvalue weighted by molar-refractivity contribution is 9.10. The number of thiazole rings is 1. The number of esters is 1. The summed E-state index contributed by atoms with van der Waals surface area (Å²) in [6.07, 6.45) is 1.79. The molecule has 0 radical (unpaired) electrons. The minimum atomic E-state index is -0.790. The Morgan fingerprint density at radius 3 is 2.59 bits per heavy atom. The summed E-state index contributed by atoms with van der Waals surface area (Å²) < 4.78 is 24.6. The standard InChI is InChI=1S/C27H27BrN2O6S/c1-6-35-21-14-19(28)18(13-20(21)34-5)24-23(26(32)36-7-2)15(3)29-27-30(24)25(31)22(37-27)12-16-9-8-10-17(11-16)33-4/h8-14,24H,6-7H2,1-5H3/b22-12+/t24-/m0/s1. The number of hydrogen-bond acceptors (Lipinski definition) is 8. The summed E-state index contributed by atoms with van der Waals surface area (Å²) in [5.41, 5.74) is 1.95. The summed E-state index contributed by atoms with van der Waals surface area (Å²) in [7, 11) is 3.14. The van der Waals surface area contributed by atoms with Crippen molar-refractivity contribution in [3.8, 4) is 17.2 Å². The normalized spacial score (nSPS) is 15.2. The molecule has 0 N–H and O–H groups in total. The second-order valence-electron chi connectivity index (χ2n) is 8.04. The maximum absolute atomic E-state index is 13.8. The van der Waals surface area contributed by atoms with E-state index in [-0.39, 0.29) is 17.7 Å². The fourth-order valence-electron chi connectivity index (χ4n) is 4.16. The van der Waals surface area contributed by atoms with Gasteiger partial charge in [0.15, 0.2) is 16.3 Å². The number of carbonyl (C=O) groups is 1. The Hall–Kier alpha value is -3.37. The zero-order valence-corrected chi connectivity index (χ0v) is 23.6. The first-order valence-electron chi connectivity index (χ1n) is 11.7. The number of aromatic nitrogens is 1. The zero-order valence-electron chi connectivity index (χ0n) is 21.2. The van der Waals surface area contributed by atoms with Crippen molar-refractivity contribution in [2.45, 2.75) is 26.8 Å². The number of carbonyl (C=O) groups excluding carboxylic acids is 1. The Labute approximate surface area is 226 Å². The monoisotopic (exact) mass is 586 g/mol. The van der Waals surface area contributed by atoms with E-state index in [9.17, 15) is 9.59 Å². The highest BCUT2D eigenvalue weighted by Gasteiger charge is 2.35. The average Bonchev–Trinajstić information content (AvgIpc) is 3.18. The molecule has 194 valence electrons. The molecule has 0 amide bonds. The average molecular weight is 587 g/mol. The molecule has 0 fully saturated rings. The van der Waals surface area contributed by atoms with Crippen molar-refractivity contribution in [3.63, 3.8) is 0 Å². The number of ether oxygens (including phenoxy) is 4. The van der Waals surface area contributed by atoms with Crippen molar-refractivity contribution in [2.24, 2.45) is 4.99 Å². The molecule has 2 heterocycles. The number of rotatable bonds is 8. The van der Waals surface area contributed by atoms with E-state index in [1.165, 1.54) is 15.9 Å². The first kappa shape index (κ1) is 26.7. The molecule has 0 spiro atoms. The lowest BCUT2D eigenvalue weighted by Crippen LogP contribution is -2.40. The van der Waals surface area contributed by atoms with Crippen LogP contribution >= 0.6 is 27.3 Å². The fourth-order valence-corrected chi connectivity index (χ4v) is 5.74. The molecule has 10 heteroatoms. The van der Waals surface area contributed by atoms with Gasteiger partial charge in [0.25, 0.3) is 5.56 Å². The minimum Gasteiger partial charge on any atom is -0.497 e. The minimum absolute atomic E-state index is 0.191. The van der Waals surface area contributed by atoms with Gasteiger partial charge in [0.05, 0.1) is 49.3 Å². The number of hydrogen-bond donors (Lipinski definition) is 0. The lowest BCUT2D eigenvalue weighted by molar-refractivity contribution is -0.139. The van der Waals surface area contributed by atoms with Gasteiger partial charge in [-0.2, -0.15) is 0 Å². The van der Waals surface area contributed by atoms with E-state index in [4.69, 9.17) is 18.9 Å². The Balaban J connectivity index is 1.99. The molecule has 3 aromatic rings. The predicted molar refractivity (Wildman–Crippen MR) is 145 cm³/mol. The summed E-state index contributed by atoms with van der Waals surface area (Å²) in [4.78, 5) is 32.1. The van der Waals surface area contributed by atoms with E-state index in [2.05, 4.69) is 20.9 Å². The van der Waals surface area contributed by atoms with Gasteiger partial charge in [-0.1, -0.05) is 39.4 Å². The summed E-state index contributed by atoms with van der Waals surface area (Å²) in [5.74, 6) is 1.18. The van der Waals surface area contributed by atoms with Gasteiger partial charge in [-0.15, -0.1) is 0 Å². The molecule has 0 saturated carbocycles. The van der Waals surface area contributed by atoms with Gasteiger partial charge in [0, 0.05) is 4.47 Å². The molecule has 0 bridgehead atoms. The molecule has 1 aliphatic heterocycles. The second-order valence-corrected chi connectivity index (χ2v) is 9.90. The van der Waals surface area contributed by atoms with E-state index in [1.54, 1.807) is 46.3 Å². The van der Waals surface area contributed by atoms with Crippen LogP contribution in [0, 0.1) is 0 Å². The van der Waals surface area contributed by atoms with Crippen molar-refractivity contribution in [3.05, 3.63) is 83.0 Å². The van der Waals surface area contributed by atoms with Crippen LogP contribution in [-0.2, 0) is 9.53 Å². The number of halogens is 1. The van der Waals surface area contributed by atoms with Crippen LogP contribution < -0.4 is 29.1 Å². The lowest BCUT2D eigenvalue weighted by Gasteiger charge is -2.26. The van der Waals surface area contributed by atoms with E-state index >= 15 is 0 Å². The maximum atomic E-state index is 13.8. The number of benzene rings is 2. The third kappa shape index (κ3) is 5.21. The zero-order chi connectivity index (χ0) is 26.7. The summed E-state index contributed by atoms with van der Waals surface area (Å²) in [5, 5.41) is 0. The number of methoxy groups -OCH3 is 2. The third-order valence-corrected chi connectivity index (χ3v) is 7.46. The van der Waals surface area contributed by atoms with Crippen LogP contribution in [0.3, 0.4) is 0 Å². The first-order valence-corrected chi connectivity index (χ1v) is 13.3. The van der Waals surface area contributed by atoms with Gasteiger partial charge >= 0.3 is 5.97 Å². The SMILES string of the molecule is CCOC(=O)C1=C(C)N=c2s/c(=C/c3cccc(OC)c3)c(=O)n2[C@H]1c1cc(OC)c(OCC)cc1Br. The van der Waals surface area contributed by atoms with Crippen LogP contribution in [0.5, 0.6) is 17.2 Å². The molecule has 2 aromatic carbocycles. The molecule has 1 aliphatic rings. The predicted octanol–water partition coefficient (Wildman–Crippen LogP) is 3.98. The molecule has 0 unspecified atom stereocenters. The Morgan fingerprint density at radius 2 is 1.92 bits per heavy atom. The Kier molecular flexibility index (Phi) is 8.19. The van der Waals surface area contributed by atoms with Gasteiger partial charge in [0.1, 0.15) is 5.75 Å². The maximum Gasteiger partial charge on any atom is 0.338 e. The second kappa shape index (κ2) is 11.4. The molecule has 0 saturated heterocycles. The van der Waals surface area contributed by atoms with E-state index in [0.717, 1.165) is 5.56 Å². The smallest absolute Gasteiger partial charge is 0.338 e. The van der Waals surface area contributed by atoms with Crippen molar-refractivity contribution in [1.29, 1.82) is 0 Å². The number of allylic oxidation sites excluding steroid dienone is 1. The van der Waals surface area contributed by atoms with Gasteiger partial charge in [-0.05, 0) is 62.2 Å². The molecule has 1 aromatic heterocycles. The molecule has 1 atom stereocenters. The molecule has 0 aliphatic carbocycles. The Morgan fingerprint density at radius 1 is 1.14 bits per heavy atom. The van der Waals surface area contributed by atoms with E-state index in [1.807, 2.05) is 31.2 Å². The van der Waals surface area contributed by atoms with Crippen molar-refractivity contribution < 1.29 is 23.7 Å². The Bertz CT molecular complexity index is 1560. The van der Waals surface area contributed by atoms with Gasteiger partial charge < -0.3 is 18.9 Å². The first-order chi connectivity index (χ1) is 17.8. The quantitative estimate of drug-likeness (QED) is 0.371.